The van der Waals surface area contributed by atoms with Gasteiger partial charge in [0.15, 0.2) is 0 Å². The number of piperazine rings is 1. The standard InChI is InChI=1S/C18H30N4O2.2ClH/c1-24-16-10-19-8-9-20-18(23)7-11-21-12-14-22(15-13-21)17-5-3-2-4-6-17;;/h2-6,19H,7-16H2,1H3,(H,20,23);2*1H. The summed E-state index contributed by atoms with van der Waals surface area (Å²) in [6.45, 7) is 7.88. The van der Waals surface area contributed by atoms with Crippen LogP contribution < -0.4 is 15.5 Å². The SMILES string of the molecule is COCCNCCNC(=O)CCN1CCN(c2ccccc2)CC1.Cl.Cl. The molecule has 0 radical (unpaired) electrons. The number of ether oxygens (including phenoxy) is 1. The first-order chi connectivity index (χ1) is 11.8. The van der Waals surface area contributed by atoms with Crippen LogP contribution in [0.25, 0.3) is 0 Å². The fourth-order valence-corrected chi connectivity index (χ4v) is 2.81. The fourth-order valence-electron chi connectivity index (χ4n) is 2.81. The molecule has 2 rings (SSSR count). The highest BCUT2D eigenvalue weighted by Gasteiger charge is 2.17. The minimum atomic E-state index is 0. The first kappa shape index (κ1) is 24.9. The molecule has 1 aliphatic heterocycles. The zero-order valence-electron chi connectivity index (χ0n) is 15.5. The van der Waals surface area contributed by atoms with Crippen molar-refractivity contribution < 1.29 is 9.53 Å². The normalized spacial score (nSPS) is 14.3. The lowest BCUT2D eigenvalue weighted by Gasteiger charge is -2.36. The van der Waals surface area contributed by atoms with Crippen molar-refractivity contribution in [1.82, 2.24) is 15.5 Å². The summed E-state index contributed by atoms with van der Waals surface area (Å²) in [6, 6.07) is 10.5. The Morgan fingerprint density at radius 3 is 2.38 bits per heavy atom. The number of anilines is 1. The molecule has 0 atom stereocenters. The van der Waals surface area contributed by atoms with E-state index in [1.165, 1.54) is 5.69 Å². The van der Waals surface area contributed by atoms with Crippen LogP contribution in [0.2, 0.25) is 0 Å². The number of methoxy groups -OCH3 is 1. The van der Waals surface area contributed by atoms with E-state index in [1.54, 1.807) is 7.11 Å². The van der Waals surface area contributed by atoms with Crippen LogP contribution in [0.5, 0.6) is 0 Å². The molecule has 0 bridgehead atoms. The van der Waals surface area contributed by atoms with E-state index in [0.29, 0.717) is 19.6 Å². The van der Waals surface area contributed by atoms with Crippen LogP contribution >= 0.6 is 24.8 Å². The largest absolute Gasteiger partial charge is 0.383 e. The lowest BCUT2D eigenvalue weighted by atomic mass is 10.2. The molecule has 6 nitrogen and oxygen atoms in total. The van der Waals surface area contributed by atoms with Gasteiger partial charge in [-0.25, -0.2) is 0 Å². The second-order valence-corrected chi connectivity index (χ2v) is 6.01. The molecule has 1 amide bonds. The molecule has 0 spiro atoms. The quantitative estimate of drug-likeness (QED) is 0.575. The van der Waals surface area contributed by atoms with E-state index < -0.39 is 0 Å². The maximum atomic E-state index is 11.9. The number of amides is 1. The van der Waals surface area contributed by atoms with E-state index in [9.17, 15) is 4.79 Å². The monoisotopic (exact) mass is 406 g/mol. The van der Waals surface area contributed by atoms with Gasteiger partial charge in [0, 0.05) is 71.6 Å². The van der Waals surface area contributed by atoms with Gasteiger partial charge >= 0.3 is 0 Å². The van der Waals surface area contributed by atoms with Gasteiger partial charge in [-0.15, -0.1) is 24.8 Å². The summed E-state index contributed by atoms with van der Waals surface area (Å²) >= 11 is 0. The van der Waals surface area contributed by atoms with Crippen molar-refractivity contribution in [2.45, 2.75) is 6.42 Å². The third-order valence-electron chi connectivity index (χ3n) is 4.26. The van der Waals surface area contributed by atoms with Gasteiger partial charge in [-0.3, -0.25) is 9.69 Å². The average molecular weight is 407 g/mol. The van der Waals surface area contributed by atoms with E-state index in [0.717, 1.165) is 45.8 Å². The summed E-state index contributed by atoms with van der Waals surface area (Å²) in [5.41, 5.74) is 1.29. The highest BCUT2D eigenvalue weighted by molar-refractivity contribution is 5.85. The van der Waals surface area contributed by atoms with Crippen LogP contribution in [0, 0.1) is 0 Å². The van der Waals surface area contributed by atoms with Crippen molar-refractivity contribution >= 4 is 36.4 Å². The highest BCUT2D eigenvalue weighted by Crippen LogP contribution is 2.15. The van der Waals surface area contributed by atoms with Gasteiger partial charge in [0.25, 0.3) is 0 Å². The molecular weight excluding hydrogens is 375 g/mol. The van der Waals surface area contributed by atoms with Crippen LogP contribution in [-0.2, 0) is 9.53 Å². The Morgan fingerprint density at radius 1 is 1.04 bits per heavy atom. The number of nitrogens with zero attached hydrogens (tertiary/aromatic N) is 2. The first-order valence-electron chi connectivity index (χ1n) is 8.78. The minimum Gasteiger partial charge on any atom is -0.383 e. The number of carbonyl (C=O) groups excluding carboxylic acids is 1. The molecule has 1 heterocycles. The van der Waals surface area contributed by atoms with Gasteiger partial charge in [-0.2, -0.15) is 0 Å². The van der Waals surface area contributed by atoms with Crippen molar-refractivity contribution in [3.63, 3.8) is 0 Å². The maximum Gasteiger partial charge on any atom is 0.221 e. The number of benzene rings is 1. The lowest BCUT2D eigenvalue weighted by molar-refractivity contribution is -0.121. The Hall–Kier alpha value is -1.05. The molecule has 1 aliphatic rings. The predicted molar refractivity (Wildman–Crippen MR) is 112 cm³/mol. The number of halogens is 2. The Morgan fingerprint density at radius 2 is 1.73 bits per heavy atom. The Balaban J connectivity index is 0.00000312. The van der Waals surface area contributed by atoms with Gasteiger partial charge in [-0.1, -0.05) is 18.2 Å². The van der Waals surface area contributed by atoms with Gasteiger partial charge in [0.2, 0.25) is 5.91 Å². The van der Waals surface area contributed by atoms with Crippen molar-refractivity contribution in [3.05, 3.63) is 30.3 Å². The molecule has 0 aliphatic carbocycles. The van der Waals surface area contributed by atoms with Crippen LogP contribution in [0.1, 0.15) is 6.42 Å². The number of rotatable bonds is 10. The Bertz CT molecular complexity index is 472. The molecule has 1 aromatic carbocycles. The number of hydrogen-bond donors (Lipinski definition) is 2. The molecule has 150 valence electrons. The molecular formula is C18H32Cl2N4O2. The fraction of sp³-hybridized carbons (Fsp3) is 0.611. The van der Waals surface area contributed by atoms with Gasteiger partial charge in [-0.05, 0) is 12.1 Å². The summed E-state index contributed by atoms with van der Waals surface area (Å²) in [5.74, 6) is 0.133. The molecule has 0 unspecified atom stereocenters. The minimum absolute atomic E-state index is 0. The summed E-state index contributed by atoms with van der Waals surface area (Å²) in [5, 5.41) is 6.17. The van der Waals surface area contributed by atoms with E-state index in [1.807, 2.05) is 6.07 Å². The van der Waals surface area contributed by atoms with E-state index in [-0.39, 0.29) is 30.7 Å². The smallest absolute Gasteiger partial charge is 0.221 e. The van der Waals surface area contributed by atoms with Crippen molar-refractivity contribution in [2.24, 2.45) is 0 Å². The summed E-state index contributed by atoms with van der Waals surface area (Å²) in [7, 11) is 1.68. The number of nitrogens with one attached hydrogen (secondary N) is 2. The molecule has 0 aromatic heterocycles. The third-order valence-corrected chi connectivity index (χ3v) is 4.26. The lowest BCUT2D eigenvalue weighted by Crippen LogP contribution is -2.47. The summed E-state index contributed by atoms with van der Waals surface area (Å²) < 4.78 is 4.95. The van der Waals surface area contributed by atoms with E-state index >= 15 is 0 Å². The second kappa shape index (κ2) is 15.1. The Labute approximate surface area is 169 Å². The van der Waals surface area contributed by atoms with Crippen LogP contribution in [-0.4, -0.2) is 76.9 Å². The van der Waals surface area contributed by atoms with Crippen molar-refractivity contribution in [3.8, 4) is 0 Å². The second-order valence-electron chi connectivity index (χ2n) is 6.01. The predicted octanol–water partition coefficient (Wildman–Crippen LogP) is 1.39. The number of carbonyl (C=O) groups is 1. The summed E-state index contributed by atoms with van der Waals surface area (Å²) in [4.78, 5) is 16.6. The van der Waals surface area contributed by atoms with Crippen molar-refractivity contribution in [2.75, 3.05) is 71.0 Å². The van der Waals surface area contributed by atoms with Crippen LogP contribution in [0.4, 0.5) is 5.69 Å². The zero-order valence-corrected chi connectivity index (χ0v) is 17.1. The third kappa shape index (κ3) is 9.59. The molecule has 0 saturated carbocycles. The summed E-state index contributed by atoms with van der Waals surface area (Å²) in [6.07, 6.45) is 0.573. The molecule has 1 saturated heterocycles. The molecule has 1 aromatic rings. The van der Waals surface area contributed by atoms with Crippen molar-refractivity contribution in [1.29, 1.82) is 0 Å². The molecule has 1 fully saturated rings. The average Bonchev–Trinajstić information content (AvgIpc) is 2.64. The van der Waals surface area contributed by atoms with Crippen LogP contribution in [0.3, 0.4) is 0 Å². The van der Waals surface area contributed by atoms with E-state index in [2.05, 4.69) is 44.7 Å². The maximum absolute atomic E-state index is 11.9. The number of hydrogen-bond acceptors (Lipinski definition) is 5. The topological polar surface area (TPSA) is 56.8 Å². The molecule has 2 N–H and O–H groups in total. The first-order valence-corrected chi connectivity index (χ1v) is 8.78. The zero-order chi connectivity index (χ0) is 17.0. The Kier molecular flexibility index (Phi) is 14.4. The van der Waals surface area contributed by atoms with Gasteiger partial charge < -0.3 is 20.3 Å². The van der Waals surface area contributed by atoms with E-state index in [4.69, 9.17) is 4.74 Å². The molecule has 26 heavy (non-hydrogen) atoms. The number of para-hydroxylation sites is 1. The van der Waals surface area contributed by atoms with Gasteiger partial charge in [0.05, 0.1) is 6.61 Å². The van der Waals surface area contributed by atoms with Crippen LogP contribution in [0.15, 0.2) is 30.3 Å². The molecule has 8 heteroatoms. The van der Waals surface area contributed by atoms with Gasteiger partial charge in [0.1, 0.15) is 0 Å². The highest BCUT2D eigenvalue weighted by atomic mass is 35.5.